The lowest BCUT2D eigenvalue weighted by Gasteiger charge is -2.22. The molecule has 3 heterocycles. The highest BCUT2D eigenvalue weighted by Crippen LogP contribution is 2.21. The fraction of sp³-hybridized carbons (Fsp3) is 0.190. The summed E-state index contributed by atoms with van der Waals surface area (Å²) in [4.78, 5) is 20.4. The Labute approximate surface area is 182 Å². The number of halogens is 2. The maximum absolute atomic E-state index is 13.2. The summed E-state index contributed by atoms with van der Waals surface area (Å²) >= 11 is 6.15. The quantitative estimate of drug-likeness (QED) is 0.440. The van der Waals surface area contributed by atoms with E-state index in [-0.39, 0.29) is 11.7 Å². The predicted molar refractivity (Wildman–Crippen MR) is 113 cm³/mol. The Kier molecular flexibility index (Phi) is 6.03. The van der Waals surface area contributed by atoms with Gasteiger partial charge in [-0.05, 0) is 37.3 Å². The lowest BCUT2D eigenvalue weighted by molar-refractivity contribution is 0.0757. The van der Waals surface area contributed by atoms with Crippen LogP contribution in [-0.2, 0) is 6.54 Å². The monoisotopic (exact) mass is 439 g/mol. The zero-order valence-corrected chi connectivity index (χ0v) is 17.4. The topological polar surface area (TPSA) is 81.7 Å². The van der Waals surface area contributed by atoms with E-state index in [0.29, 0.717) is 41.6 Å². The van der Waals surface area contributed by atoms with Gasteiger partial charge in [0.15, 0.2) is 0 Å². The minimum Gasteiger partial charge on any atom is -0.337 e. The number of rotatable bonds is 7. The molecule has 0 fully saturated rings. The first-order chi connectivity index (χ1) is 15.0. The number of carbonyl (C=O) groups is 1. The molecule has 3 aromatic heterocycles. The number of hydrogen-bond acceptors (Lipinski definition) is 5. The highest BCUT2D eigenvalue weighted by atomic mass is 35.5. The van der Waals surface area contributed by atoms with E-state index >= 15 is 0 Å². The average molecular weight is 440 g/mol. The lowest BCUT2D eigenvalue weighted by atomic mass is 10.1. The number of likely N-dealkylation sites (N-methyl/N-ethyl adjacent to an activating group) is 1. The van der Waals surface area contributed by atoms with E-state index in [1.54, 1.807) is 52.4 Å². The summed E-state index contributed by atoms with van der Waals surface area (Å²) in [5.41, 5.74) is 2.38. The Morgan fingerprint density at radius 2 is 1.94 bits per heavy atom. The second kappa shape index (κ2) is 9.05. The van der Waals surface area contributed by atoms with Gasteiger partial charge in [0.1, 0.15) is 5.82 Å². The van der Waals surface area contributed by atoms with Gasteiger partial charge in [0.05, 0.1) is 48.3 Å². The Morgan fingerprint density at radius 3 is 2.65 bits per heavy atom. The third-order valence-electron chi connectivity index (χ3n) is 4.75. The number of carbonyl (C=O) groups excluding carboxylic acids is 1. The number of amides is 1. The van der Waals surface area contributed by atoms with Crippen LogP contribution in [0.25, 0.3) is 16.9 Å². The third-order valence-corrected chi connectivity index (χ3v) is 4.98. The van der Waals surface area contributed by atoms with Crippen LogP contribution in [0.15, 0.2) is 61.3 Å². The van der Waals surface area contributed by atoms with Crippen LogP contribution in [0.4, 0.5) is 4.39 Å². The van der Waals surface area contributed by atoms with Crippen LogP contribution in [-0.4, -0.2) is 53.7 Å². The van der Waals surface area contributed by atoms with Crippen LogP contribution in [0, 0.1) is 5.82 Å². The minimum absolute atomic E-state index is 0.176. The minimum atomic E-state index is -0.390. The third kappa shape index (κ3) is 4.61. The standard InChI is InChI=1S/C21H19ClFN7O/c1-2-28(9-10-29-14-15(12-27-29)19-5-4-17(23)13-24-19)21(31)18-11-16(22)3-6-20(18)30-25-7-8-26-30/h3-8,11-14H,2,9-10H2,1H3. The van der Waals surface area contributed by atoms with Gasteiger partial charge in [0.25, 0.3) is 5.91 Å². The van der Waals surface area contributed by atoms with Gasteiger partial charge < -0.3 is 4.90 Å². The van der Waals surface area contributed by atoms with Crippen molar-refractivity contribution in [3.05, 3.63) is 77.7 Å². The van der Waals surface area contributed by atoms with Crippen molar-refractivity contribution in [2.75, 3.05) is 13.1 Å². The number of pyridine rings is 1. The summed E-state index contributed by atoms with van der Waals surface area (Å²) < 4.78 is 14.8. The maximum atomic E-state index is 13.2. The second-order valence-electron chi connectivity index (χ2n) is 6.72. The van der Waals surface area contributed by atoms with Crippen LogP contribution in [0.5, 0.6) is 0 Å². The highest BCUT2D eigenvalue weighted by Gasteiger charge is 2.20. The Balaban J connectivity index is 1.50. The normalized spacial score (nSPS) is 10.9. The summed E-state index contributed by atoms with van der Waals surface area (Å²) in [6.45, 7) is 3.33. The molecule has 10 heteroatoms. The maximum Gasteiger partial charge on any atom is 0.256 e. The van der Waals surface area contributed by atoms with Crippen LogP contribution >= 0.6 is 11.6 Å². The molecule has 0 saturated carbocycles. The first kappa shape index (κ1) is 20.7. The summed E-state index contributed by atoms with van der Waals surface area (Å²) in [5, 5.41) is 13.0. The average Bonchev–Trinajstić information content (AvgIpc) is 3.47. The molecule has 0 bridgehead atoms. The van der Waals surface area contributed by atoms with Crippen molar-refractivity contribution < 1.29 is 9.18 Å². The van der Waals surface area contributed by atoms with E-state index in [1.165, 1.54) is 17.1 Å². The Morgan fingerprint density at radius 1 is 1.13 bits per heavy atom. The van der Waals surface area contributed by atoms with Crippen molar-refractivity contribution in [3.8, 4) is 16.9 Å². The smallest absolute Gasteiger partial charge is 0.256 e. The van der Waals surface area contributed by atoms with E-state index in [0.717, 1.165) is 5.56 Å². The molecule has 0 radical (unpaired) electrons. The van der Waals surface area contributed by atoms with Gasteiger partial charge in [-0.3, -0.25) is 14.5 Å². The van der Waals surface area contributed by atoms with Crippen molar-refractivity contribution in [3.63, 3.8) is 0 Å². The molecule has 31 heavy (non-hydrogen) atoms. The van der Waals surface area contributed by atoms with E-state index < -0.39 is 0 Å². The molecule has 0 aliphatic heterocycles. The first-order valence-electron chi connectivity index (χ1n) is 9.65. The summed E-state index contributed by atoms with van der Waals surface area (Å²) in [6, 6.07) is 8.00. The highest BCUT2D eigenvalue weighted by molar-refractivity contribution is 6.31. The van der Waals surface area contributed by atoms with Crippen molar-refractivity contribution in [1.82, 2.24) is 34.7 Å². The van der Waals surface area contributed by atoms with Crippen LogP contribution in [0.2, 0.25) is 5.02 Å². The molecule has 0 aliphatic carbocycles. The molecule has 0 saturated heterocycles. The summed E-state index contributed by atoms with van der Waals surface area (Å²) in [7, 11) is 0. The summed E-state index contributed by atoms with van der Waals surface area (Å²) in [5.74, 6) is -0.566. The molecule has 0 aliphatic rings. The molecule has 4 rings (SSSR count). The molecule has 1 amide bonds. The lowest BCUT2D eigenvalue weighted by Crippen LogP contribution is -2.34. The van der Waals surface area contributed by atoms with Gasteiger partial charge >= 0.3 is 0 Å². The van der Waals surface area contributed by atoms with Gasteiger partial charge in [-0.25, -0.2) is 4.39 Å². The molecule has 8 nitrogen and oxygen atoms in total. The molecular formula is C21H19ClFN7O. The number of aromatic nitrogens is 6. The number of hydrogen-bond donors (Lipinski definition) is 0. The first-order valence-corrected chi connectivity index (χ1v) is 10.0. The van der Waals surface area contributed by atoms with Crippen molar-refractivity contribution >= 4 is 17.5 Å². The number of nitrogens with zero attached hydrogens (tertiary/aromatic N) is 7. The SMILES string of the molecule is CCN(CCn1cc(-c2ccc(F)cn2)cn1)C(=O)c1cc(Cl)ccc1-n1nccn1. The molecule has 0 atom stereocenters. The second-order valence-corrected chi connectivity index (χ2v) is 7.15. The van der Waals surface area contributed by atoms with Crippen LogP contribution in [0.3, 0.4) is 0 Å². The van der Waals surface area contributed by atoms with Crippen LogP contribution in [0.1, 0.15) is 17.3 Å². The van der Waals surface area contributed by atoms with Gasteiger partial charge in [0, 0.05) is 29.9 Å². The molecule has 0 spiro atoms. The Bertz CT molecular complexity index is 1170. The van der Waals surface area contributed by atoms with Crippen molar-refractivity contribution in [2.24, 2.45) is 0 Å². The van der Waals surface area contributed by atoms with Gasteiger partial charge in [-0.1, -0.05) is 11.6 Å². The van der Waals surface area contributed by atoms with Crippen molar-refractivity contribution in [2.45, 2.75) is 13.5 Å². The Hall–Kier alpha value is -3.59. The molecule has 4 aromatic rings. The van der Waals surface area contributed by atoms with Crippen LogP contribution < -0.4 is 0 Å². The van der Waals surface area contributed by atoms with E-state index in [9.17, 15) is 9.18 Å². The molecule has 0 N–H and O–H groups in total. The molecule has 1 aromatic carbocycles. The van der Waals surface area contributed by atoms with E-state index in [1.807, 2.05) is 13.1 Å². The van der Waals surface area contributed by atoms with E-state index in [2.05, 4.69) is 20.3 Å². The van der Waals surface area contributed by atoms with Crippen molar-refractivity contribution in [1.29, 1.82) is 0 Å². The van der Waals surface area contributed by atoms with Gasteiger partial charge in [-0.2, -0.15) is 20.1 Å². The largest absolute Gasteiger partial charge is 0.337 e. The van der Waals surface area contributed by atoms with Gasteiger partial charge in [-0.15, -0.1) is 0 Å². The predicted octanol–water partition coefficient (Wildman–Crippen LogP) is 3.48. The zero-order chi connectivity index (χ0) is 21.8. The fourth-order valence-corrected chi connectivity index (χ4v) is 3.33. The van der Waals surface area contributed by atoms with E-state index in [4.69, 9.17) is 11.6 Å². The van der Waals surface area contributed by atoms with Gasteiger partial charge in [0.2, 0.25) is 0 Å². The molecule has 0 unspecified atom stereocenters. The number of benzene rings is 1. The summed E-state index contributed by atoms with van der Waals surface area (Å²) in [6.07, 6.45) is 7.74. The zero-order valence-electron chi connectivity index (χ0n) is 16.7. The fourth-order valence-electron chi connectivity index (χ4n) is 3.16. The molecular weight excluding hydrogens is 421 g/mol. The molecule has 158 valence electrons.